The van der Waals surface area contributed by atoms with Crippen LogP contribution in [0.4, 0.5) is 0 Å². The average molecular weight is 494 g/mol. The molecule has 3 heterocycles. The van der Waals surface area contributed by atoms with E-state index in [0.29, 0.717) is 24.7 Å². The van der Waals surface area contributed by atoms with Crippen LogP contribution < -0.4 is 10.1 Å². The van der Waals surface area contributed by atoms with Crippen molar-refractivity contribution < 1.29 is 14.3 Å². The van der Waals surface area contributed by atoms with E-state index in [1.807, 2.05) is 37.3 Å². The lowest BCUT2D eigenvalue weighted by Gasteiger charge is -2.45. The molecule has 35 heavy (non-hydrogen) atoms. The van der Waals surface area contributed by atoms with Crippen molar-refractivity contribution in [2.24, 2.45) is 5.92 Å². The molecular weight excluding hydrogens is 458 g/mol. The predicted octanol–water partition coefficient (Wildman–Crippen LogP) is 5.38. The molecule has 1 saturated carbocycles. The van der Waals surface area contributed by atoms with Gasteiger partial charge in [0.05, 0.1) is 23.9 Å². The number of hydrogen-bond donors (Lipinski definition) is 1. The van der Waals surface area contributed by atoms with Crippen molar-refractivity contribution in [2.75, 3.05) is 7.11 Å². The van der Waals surface area contributed by atoms with E-state index in [9.17, 15) is 9.59 Å². The maximum atomic E-state index is 13.9. The molecule has 0 spiro atoms. The highest BCUT2D eigenvalue weighted by Gasteiger charge is 2.48. The van der Waals surface area contributed by atoms with Crippen molar-refractivity contribution in [3.05, 3.63) is 52.5 Å². The first-order chi connectivity index (χ1) is 16.8. The Hall–Kier alpha value is -2.80. The van der Waals surface area contributed by atoms with Crippen molar-refractivity contribution in [3.63, 3.8) is 0 Å². The number of hydrogen-bond acceptors (Lipinski definition) is 4. The molecule has 1 N–H and O–H groups in total. The highest BCUT2D eigenvalue weighted by molar-refractivity contribution is 7.19. The summed E-state index contributed by atoms with van der Waals surface area (Å²) < 4.78 is 8.48. The lowest BCUT2D eigenvalue weighted by molar-refractivity contribution is -0.134. The van der Waals surface area contributed by atoms with Crippen LogP contribution in [0.1, 0.15) is 67.4 Å². The summed E-state index contributed by atoms with van der Waals surface area (Å²) >= 11 is 1.73. The Morgan fingerprint density at radius 1 is 1.17 bits per heavy atom. The smallest absolute Gasteiger partial charge is 0.271 e. The summed E-state index contributed by atoms with van der Waals surface area (Å²) in [6, 6.07) is 12.1. The number of nitrogens with one attached hydrogen (secondary N) is 1. The molecule has 1 aliphatic heterocycles. The first-order valence-corrected chi connectivity index (χ1v) is 13.5. The van der Waals surface area contributed by atoms with Crippen molar-refractivity contribution >= 4 is 33.4 Å². The molecule has 2 aromatic heterocycles. The zero-order valence-electron chi connectivity index (χ0n) is 21.1. The van der Waals surface area contributed by atoms with Crippen molar-refractivity contribution in [1.82, 2.24) is 14.8 Å². The Bertz CT molecular complexity index is 1240. The van der Waals surface area contributed by atoms with Gasteiger partial charge in [0.25, 0.3) is 5.91 Å². The lowest BCUT2D eigenvalue weighted by Crippen LogP contribution is -2.64. The third-order valence-electron chi connectivity index (χ3n) is 7.86. The Morgan fingerprint density at radius 3 is 2.54 bits per heavy atom. The molecule has 6 nitrogen and oxygen atoms in total. The molecule has 5 rings (SSSR count). The van der Waals surface area contributed by atoms with E-state index >= 15 is 0 Å². The fraction of sp³-hybridized carbons (Fsp3) is 0.500. The molecule has 0 saturated heterocycles. The lowest BCUT2D eigenvalue weighted by atomic mass is 9.86. The molecule has 7 heteroatoms. The molecular formula is C28H35N3O3S. The Balaban J connectivity index is 1.50. The fourth-order valence-corrected chi connectivity index (χ4v) is 6.51. The Labute approximate surface area is 211 Å². The van der Waals surface area contributed by atoms with Crippen LogP contribution in [-0.2, 0) is 24.3 Å². The van der Waals surface area contributed by atoms with Gasteiger partial charge in [-0.25, -0.2) is 0 Å². The second-order valence-corrected chi connectivity index (χ2v) is 11.5. The molecule has 0 radical (unpaired) electrons. The number of fused-ring (bicyclic) bond motifs is 3. The molecule has 2 aliphatic rings. The van der Waals surface area contributed by atoms with Gasteiger partial charge in [0.1, 0.15) is 17.0 Å². The van der Waals surface area contributed by atoms with E-state index in [-0.39, 0.29) is 17.9 Å². The second kappa shape index (κ2) is 9.34. The van der Waals surface area contributed by atoms with E-state index in [0.717, 1.165) is 53.6 Å². The third-order valence-corrected chi connectivity index (χ3v) is 9.07. The topological polar surface area (TPSA) is 63.6 Å². The van der Waals surface area contributed by atoms with Gasteiger partial charge >= 0.3 is 0 Å². The summed E-state index contributed by atoms with van der Waals surface area (Å²) in [7, 11) is 1.64. The van der Waals surface area contributed by atoms with Crippen LogP contribution >= 0.6 is 11.3 Å². The normalized spacial score (nSPS) is 24.5. The number of ether oxygens (including phenoxy) is 1. The molecule has 0 bridgehead atoms. The number of carbonyl (C=O) groups is 2. The molecule has 1 fully saturated rings. The summed E-state index contributed by atoms with van der Waals surface area (Å²) in [5.41, 5.74) is 1.71. The molecule has 1 atom stereocenters. The van der Waals surface area contributed by atoms with Crippen LogP contribution in [0.15, 0.2) is 36.4 Å². The minimum Gasteiger partial charge on any atom is -0.497 e. The number of nitrogens with zero attached hydrogens (tertiary/aromatic N) is 2. The molecule has 1 aromatic carbocycles. The van der Waals surface area contributed by atoms with Crippen LogP contribution in [0.3, 0.4) is 0 Å². The number of thiophene rings is 1. The predicted molar refractivity (Wildman–Crippen MR) is 140 cm³/mol. The van der Waals surface area contributed by atoms with Gasteiger partial charge < -0.3 is 19.5 Å². The summed E-state index contributed by atoms with van der Waals surface area (Å²) in [5, 5.41) is 3.33. The molecule has 186 valence electrons. The zero-order chi connectivity index (χ0) is 24.7. The van der Waals surface area contributed by atoms with E-state index in [2.05, 4.69) is 29.8 Å². The Kier molecular flexibility index (Phi) is 6.38. The van der Waals surface area contributed by atoms with E-state index in [1.54, 1.807) is 23.3 Å². The van der Waals surface area contributed by atoms with Crippen LogP contribution in [0.5, 0.6) is 5.75 Å². The number of aryl methyl sites for hydroxylation is 1. The van der Waals surface area contributed by atoms with Crippen molar-refractivity contribution in [3.8, 4) is 5.75 Å². The molecule has 0 unspecified atom stereocenters. The fourth-order valence-electron chi connectivity index (χ4n) is 5.47. The maximum absolute atomic E-state index is 13.9. The second-order valence-electron chi connectivity index (χ2n) is 10.4. The largest absolute Gasteiger partial charge is 0.497 e. The summed E-state index contributed by atoms with van der Waals surface area (Å²) in [6.45, 7) is 7.17. The number of rotatable bonds is 6. The maximum Gasteiger partial charge on any atom is 0.271 e. The highest BCUT2D eigenvalue weighted by Crippen LogP contribution is 2.37. The van der Waals surface area contributed by atoms with Gasteiger partial charge in [-0.15, -0.1) is 11.3 Å². The number of carbonyl (C=O) groups excluding carboxylic acids is 2. The quantitative estimate of drug-likeness (QED) is 0.501. The van der Waals surface area contributed by atoms with Gasteiger partial charge in [0.15, 0.2) is 0 Å². The van der Waals surface area contributed by atoms with Gasteiger partial charge in [-0.1, -0.05) is 26.0 Å². The standard InChI is InChI=1S/C28H35N3O3S/c1-5-22-14-23-25(35-22)15-24-26(32)31(16-19-8-12-21(34-4)13-9-19)28(3,17-30(23)24)27(33)29-20-10-6-18(2)7-11-20/h8-9,12-15,18,20H,5-7,10-11,16-17H2,1-4H3,(H,29,33)/t18?,20?,28-/m1/s1. The Morgan fingerprint density at radius 2 is 1.89 bits per heavy atom. The number of benzene rings is 1. The summed E-state index contributed by atoms with van der Waals surface area (Å²) in [5.74, 6) is 1.33. The molecule has 2 amide bonds. The van der Waals surface area contributed by atoms with Gasteiger partial charge in [-0.3, -0.25) is 9.59 Å². The van der Waals surface area contributed by atoms with Gasteiger partial charge in [0, 0.05) is 17.5 Å². The van der Waals surface area contributed by atoms with Gasteiger partial charge in [0.2, 0.25) is 5.91 Å². The molecule has 1 aliphatic carbocycles. The summed E-state index contributed by atoms with van der Waals surface area (Å²) in [6.07, 6.45) is 5.22. The molecule has 3 aromatic rings. The monoisotopic (exact) mass is 493 g/mol. The minimum absolute atomic E-state index is 0.0580. The van der Waals surface area contributed by atoms with E-state index in [1.165, 1.54) is 4.88 Å². The zero-order valence-corrected chi connectivity index (χ0v) is 21.9. The van der Waals surface area contributed by atoms with E-state index in [4.69, 9.17) is 4.74 Å². The van der Waals surface area contributed by atoms with Gasteiger partial charge in [-0.05, 0) is 74.8 Å². The number of aromatic nitrogens is 1. The van der Waals surface area contributed by atoms with Gasteiger partial charge in [-0.2, -0.15) is 0 Å². The van der Waals surface area contributed by atoms with Crippen LogP contribution in [-0.4, -0.2) is 40.0 Å². The minimum atomic E-state index is -0.993. The van der Waals surface area contributed by atoms with E-state index < -0.39 is 5.54 Å². The first-order valence-electron chi connectivity index (χ1n) is 12.7. The SMILES string of the molecule is CCc1cc2c(cc3n2C[C@](C)(C(=O)NC2CCC(C)CC2)N(Cc2ccc(OC)cc2)C3=O)s1. The van der Waals surface area contributed by atoms with Crippen LogP contribution in [0, 0.1) is 5.92 Å². The average Bonchev–Trinajstić information content (AvgIpc) is 3.42. The third kappa shape index (κ3) is 4.35. The van der Waals surface area contributed by atoms with Crippen LogP contribution in [0.25, 0.3) is 10.2 Å². The van der Waals surface area contributed by atoms with Crippen molar-refractivity contribution in [1.29, 1.82) is 0 Å². The highest BCUT2D eigenvalue weighted by atomic mass is 32.1. The first kappa shape index (κ1) is 23.9. The summed E-state index contributed by atoms with van der Waals surface area (Å²) in [4.78, 5) is 30.9. The van der Waals surface area contributed by atoms with Crippen molar-refractivity contribution in [2.45, 2.75) is 77.5 Å². The van der Waals surface area contributed by atoms with Crippen LogP contribution in [0.2, 0.25) is 0 Å². The number of methoxy groups -OCH3 is 1. The number of amides is 2.